The minimum atomic E-state index is 0.328. The molecule has 0 saturated heterocycles. The summed E-state index contributed by atoms with van der Waals surface area (Å²) in [5, 5.41) is 0. The fourth-order valence-electron chi connectivity index (χ4n) is 4.53. The van der Waals surface area contributed by atoms with Gasteiger partial charge in [0.2, 0.25) is 0 Å². The van der Waals surface area contributed by atoms with Crippen molar-refractivity contribution in [2.75, 3.05) is 39.6 Å². The normalized spacial score (nSPS) is 15.5. The van der Waals surface area contributed by atoms with E-state index in [1.165, 1.54) is 0 Å². The molecule has 3 heterocycles. The summed E-state index contributed by atoms with van der Waals surface area (Å²) in [6, 6.07) is 12.5. The number of aromatic amines is 2. The molecule has 2 aromatic carbocycles. The van der Waals surface area contributed by atoms with E-state index in [-0.39, 0.29) is 0 Å². The van der Waals surface area contributed by atoms with E-state index in [1.54, 1.807) is 0 Å². The van der Waals surface area contributed by atoms with Gasteiger partial charge in [0.25, 0.3) is 0 Å². The maximum atomic E-state index is 6.28. The fourth-order valence-corrected chi connectivity index (χ4v) is 4.53. The average molecular weight is 531 g/mol. The van der Waals surface area contributed by atoms with Crippen LogP contribution < -0.4 is 9.47 Å². The number of rotatable bonds is 5. The molecule has 39 heavy (non-hydrogen) atoms. The molecule has 0 saturated carbocycles. The predicted molar refractivity (Wildman–Crippen MR) is 152 cm³/mol. The first kappa shape index (κ1) is 27.0. The molecule has 5 rings (SSSR count). The van der Waals surface area contributed by atoms with Crippen molar-refractivity contribution < 1.29 is 18.9 Å². The molecule has 8 nitrogen and oxygen atoms in total. The summed E-state index contributed by atoms with van der Waals surface area (Å²) in [6.45, 7) is 11.5. The lowest BCUT2D eigenvalue weighted by atomic mass is 9.97. The van der Waals surface area contributed by atoms with Crippen molar-refractivity contribution >= 4 is 0 Å². The molecular weight excluding hydrogens is 492 g/mol. The standard InChI is InChI=1S/C31H38N4O4/c1-5-30-32-18-26(34-30)23-7-8-24-22-6-9-25(27-19-33-31(35-27)21(4)20(2)3)29(16-22)39-15-13-37-11-10-36-12-14-38-28(24)17-23/h6-9,16-21H,5,10-15H2,1-4H3,(H,32,34)(H,33,35)/t21-/m1/s1. The van der Waals surface area contributed by atoms with Crippen LogP contribution in [0.4, 0.5) is 0 Å². The van der Waals surface area contributed by atoms with Gasteiger partial charge in [-0.1, -0.05) is 39.8 Å². The van der Waals surface area contributed by atoms with Gasteiger partial charge in [-0.2, -0.15) is 0 Å². The smallest absolute Gasteiger partial charge is 0.129 e. The number of benzene rings is 2. The number of ether oxygens (including phenoxy) is 4. The monoisotopic (exact) mass is 530 g/mol. The Labute approximate surface area is 230 Å². The minimum Gasteiger partial charge on any atom is -0.491 e. The van der Waals surface area contributed by atoms with Gasteiger partial charge < -0.3 is 28.9 Å². The maximum Gasteiger partial charge on any atom is 0.129 e. The fraction of sp³-hybridized carbons (Fsp3) is 0.419. The molecule has 0 radical (unpaired) electrons. The Bertz CT molecular complexity index is 1380. The van der Waals surface area contributed by atoms with Crippen LogP contribution in [0.5, 0.6) is 11.5 Å². The summed E-state index contributed by atoms with van der Waals surface area (Å²) in [6.07, 6.45) is 4.62. The lowest BCUT2D eigenvalue weighted by Crippen LogP contribution is -2.13. The number of fused-ring (bicyclic) bond motifs is 4. The summed E-state index contributed by atoms with van der Waals surface area (Å²) < 4.78 is 24.0. The number of imidazole rings is 2. The molecule has 8 heteroatoms. The largest absolute Gasteiger partial charge is 0.491 e. The number of hydrogen-bond acceptors (Lipinski definition) is 6. The van der Waals surface area contributed by atoms with Gasteiger partial charge in [0.05, 0.1) is 50.2 Å². The van der Waals surface area contributed by atoms with Crippen LogP contribution in [0, 0.1) is 5.92 Å². The number of nitrogens with one attached hydrogen (secondary N) is 2. The van der Waals surface area contributed by atoms with Gasteiger partial charge in [0.1, 0.15) is 36.4 Å². The number of hydrogen-bond donors (Lipinski definition) is 2. The van der Waals surface area contributed by atoms with Crippen LogP contribution in [0.1, 0.15) is 45.3 Å². The molecule has 1 aliphatic rings. The van der Waals surface area contributed by atoms with E-state index < -0.39 is 0 Å². The molecule has 1 atom stereocenters. The van der Waals surface area contributed by atoms with Crippen molar-refractivity contribution in [3.05, 3.63) is 60.4 Å². The number of aryl methyl sites for hydroxylation is 1. The Kier molecular flexibility index (Phi) is 8.64. The van der Waals surface area contributed by atoms with E-state index in [2.05, 4.69) is 84.0 Å². The molecule has 0 fully saturated rings. The highest BCUT2D eigenvalue weighted by Gasteiger charge is 2.18. The van der Waals surface area contributed by atoms with E-state index in [9.17, 15) is 0 Å². The summed E-state index contributed by atoms with van der Waals surface area (Å²) >= 11 is 0. The Morgan fingerprint density at radius 1 is 0.718 bits per heavy atom. The number of nitrogens with zero attached hydrogens (tertiary/aromatic N) is 2. The Hall–Kier alpha value is -3.62. The highest BCUT2D eigenvalue weighted by atomic mass is 16.6. The van der Waals surface area contributed by atoms with Crippen LogP contribution in [-0.2, 0) is 15.9 Å². The minimum absolute atomic E-state index is 0.328. The van der Waals surface area contributed by atoms with E-state index in [1.807, 2.05) is 12.4 Å². The van der Waals surface area contributed by atoms with Crippen molar-refractivity contribution in [2.24, 2.45) is 5.92 Å². The third kappa shape index (κ3) is 6.34. The van der Waals surface area contributed by atoms with Gasteiger partial charge in [0, 0.05) is 29.0 Å². The lowest BCUT2D eigenvalue weighted by molar-refractivity contribution is 0.0275. The molecule has 2 aromatic heterocycles. The van der Waals surface area contributed by atoms with Crippen molar-refractivity contribution in [3.63, 3.8) is 0 Å². The van der Waals surface area contributed by atoms with Crippen molar-refractivity contribution in [1.82, 2.24) is 19.9 Å². The van der Waals surface area contributed by atoms with E-state index >= 15 is 0 Å². The zero-order chi connectivity index (χ0) is 27.2. The topological polar surface area (TPSA) is 94.3 Å². The molecule has 0 amide bonds. The first-order valence-electron chi connectivity index (χ1n) is 13.8. The summed E-state index contributed by atoms with van der Waals surface area (Å²) in [5.41, 5.74) is 5.86. The second-order valence-corrected chi connectivity index (χ2v) is 10.2. The number of aromatic nitrogens is 4. The third-order valence-corrected chi connectivity index (χ3v) is 7.21. The lowest BCUT2D eigenvalue weighted by Gasteiger charge is -2.16. The predicted octanol–water partition coefficient (Wildman–Crippen LogP) is 6.26. The zero-order valence-electron chi connectivity index (χ0n) is 23.3. The van der Waals surface area contributed by atoms with Gasteiger partial charge in [-0.3, -0.25) is 0 Å². The highest BCUT2D eigenvalue weighted by Crippen LogP contribution is 2.39. The third-order valence-electron chi connectivity index (χ3n) is 7.21. The second-order valence-electron chi connectivity index (χ2n) is 10.2. The summed E-state index contributed by atoms with van der Waals surface area (Å²) in [7, 11) is 0. The van der Waals surface area contributed by atoms with Crippen LogP contribution in [0.2, 0.25) is 0 Å². The average Bonchev–Trinajstić information content (AvgIpc) is 3.63. The van der Waals surface area contributed by atoms with Gasteiger partial charge in [0.15, 0.2) is 0 Å². The SMILES string of the molecule is CCc1ncc(-c2ccc3c(c2)OCCOCCOCCOc2cc-3ccc2-c2cnc([C@H](C)C(C)C)[nH]2)[nH]1. The highest BCUT2D eigenvalue weighted by molar-refractivity contribution is 5.79. The Morgan fingerprint density at radius 3 is 2.03 bits per heavy atom. The number of H-pyrrole nitrogens is 2. The van der Waals surface area contributed by atoms with Gasteiger partial charge in [-0.15, -0.1) is 0 Å². The summed E-state index contributed by atoms with van der Waals surface area (Å²) in [4.78, 5) is 16.0. The van der Waals surface area contributed by atoms with Gasteiger partial charge in [-0.25, -0.2) is 9.97 Å². The second kappa shape index (κ2) is 12.5. The van der Waals surface area contributed by atoms with Crippen LogP contribution in [0.25, 0.3) is 33.6 Å². The first-order valence-corrected chi connectivity index (χ1v) is 13.8. The Morgan fingerprint density at radius 2 is 1.33 bits per heavy atom. The molecule has 1 aliphatic heterocycles. The molecule has 0 unspecified atom stereocenters. The molecule has 2 N–H and O–H groups in total. The molecule has 4 aromatic rings. The van der Waals surface area contributed by atoms with E-state index in [0.717, 1.165) is 63.2 Å². The van der Waals surface area contributed by atoms with Gasteiger partial charge >= 0.3 is 0 Å². The van der Waals surface area contributed by atoms with Crippen LogP contribution in [-0.4, -0.2) is 59.6 Å². The van der Waals surface area contributed by atoms with Crippen LogP contribution >= 0.6 is 0 Å². The zero-order valence-corrected chi connectivity index (χ0v) is 23.3. The van der Waals surface area contributed by atoms with Crippen molar-refractivity contribution in [3.8, 4) is 45.1 Å². The maximum absolute atomic E-state index is 6.28. The van der Waals surface area contributed by atoms with Crippen LogP contribution in [0.3, 0.4) is 0 Å². The Balaban J connectivity index is 1.53. The molecule has 206 valence electrons. The molecule has 0 aliphatic carbocycles. The molecule has 0 spiro atoms. The first-order chi connectivity index (χ1) is 19.0. The molecular formula is C31H38N4O4. The van der Waals surface area contributed by atoms with Crippen molar-refractivity contribution in [1.29, 1.82) is 0 Å². The summed E-state index contributed by atoms with van der Waals surface area (Å²) in [5.74, 6) is 4.30. The van der Waals surface area contributed by atoms with Gasteiger partial charge in [-0.05, 0) is 35.7 Å². The van der Waals surface area contributed by atoms with Crippen LogP contribution in [0.15, 0.2) is 48.8 Å². The molecule has 2 bridgehead atoms. The van der Waals surface area contributed by atoms with E-state index in [0.29, 0.717) is 51.5 Å². The quantitative estimate of drug-likeness (QED) is 0.316. The van der Waals surface area contributed by atoms with Crippen molar-refractivity contribution in [2.45, 2.75) is 40.0 Å². The van der Waals surface area contributed by atoms with E-state index in [4.69, 9.17) is 18.9 Å².